The van der Waals surface area contributed by atoms with Gasteiger partial charge in [0.2, 0.25) is 5.91 Å². The lowest BCUT2D eigenvalue weighted by atomic mass is 10.1. The van der Waals surface area contributed by atoms with Gasteiger partial charge in [-0.2, -0.15) is 0 Å². The first-order chi connectivity index (χ1) is 11.4. The molecule has 138 valence electrons. The molecule has 2 N–H and O–H groups in total. The van der Waals surface area contributed by atoms with Crippen molar-refractivity contribution >= 4 is 29.9 Å². The van der Waals surface area contributed by atoms with E-state index in [9.17, 15) is 19.7 Å². The number of benzene rings is 1. The van der Waals surface area contributed by atoms with Crippen molar-refractivity contribution in [1.29, 1.82) is 0 Å². The van der Waals surface area contributed by atoms with Crippen LogP contribution < -0.4 is 10.6 Å². The molecule has 0 radical (unpaired) electrons. The number of carbonyl (C=O) groups excluding carboxylic acids is 2. The number of likely N-dealkylation sites (tertiary alicyclic amines) is 1. The van der Waals surface area contributed by atoms with Crippen molar-refractivity contribution in [2.24, 2.45) is 5.92 Å². The molecule has 2 atom stereocenters. The van der Waals surface area contributed by atoms with Crippen LogP contribution in [0, 0.1) is 16.0 Å². The van der Waals surface area contributed by atoms with Crippen LogP contribution in [0.3, 0.4) is 0 Å². The first-order valence-corrected chi connectivity index (χ1v) is 7.91. The Morgan fingerprint density at radius 3 is 2.80 bits per heavy atom. The molecule has 0 bridgehead atoms. The molecular weight excluding hydrogens is 348 g/mol. The summed E-state index contributed by atoms with van der Waals surface area (Å²) in [6.07, 6.45) is 0.943. The predicted molar refractivity (Wildman–Crippen MR) is 95.9 cm³/mol. The minimum absolute atomic E-state index is 0. The van der Waals surface area contributed by atoms with E-state index in [1.807, 2.05) is 7.05 Å². The molecule has 2 rings (SSSR count). The van der Waals surface area contributed by atoms with Crippen LogP contribution in [0.25, 0.3) is 0 Å². The van der Waals surface area contributed by atoms with Gasteiger partial charge in [-0.05, 0) is 38.9 Å². The van der Waals surface area contributed by atoms with Crippen LogP contribution in [-0.4, -0.2) is 54.4 Å². The van der Waals surface area contributed by atoms with Crippen molar-refractivity contribution < 1.29 is 14.5 Å². The highest BCUT2D eigenvalue weighted by molar-refractivity contribution is 5.97. The van der Waals surface area contributed by atoms with Crippen LogP contribution in [0.2, 0.25) is 0 Å². The second kappa shape index (κ2) is 9.33. The van der Waals surface area contributed by atoms with E-state index in [-0.39, 0.29) is 29.6 Å². The van der Waals surface area contributed by atoms with Gasteiger partial charge in [0, 0.05) is 30.8 Å². The Balaban J connectivity index is 0.00000312. The highest BCUT2D eigenvalue weighted by Crippen LogP contribution is 2.17. The molecule has 1 saturated heterocycles. The zero-order valence-corrected chi connectivity index (χ0v) is 15.0. The number of non-ortho nitro benzene ring substituents is 1. The fourth-order valence-electron chi connectivity index (χ4n) is 2.86. The average Bonchev–Trinajstić information content (AvgIpc) is 3.03. The number of nitrogens with one attached hydrogen (secondary N) is 2. The zero-order chi connectivity index (χ0) is 17.7. The number of amides is 2. The van der Waals surface area contributed by atoms with Gasteiger partial charge in [-0.15, -0.1) is 12.4 Å². The van der Waals surface area contributed by atoms with E-state index in [4.69, 9.17) is 0 Å². The summed E-state index contributed by atoms with van der Waals surface area (Å²) in [5.41, 5.74) is 0.00871. The third-order valence-electron chi connectivity index (χ3n) is 4.13. The number of carbonyl (C=O) groups is 2. The van der Waals surface area contributed by atoms with Gasteiger partial charge in [-0.1, -0.05) is 6.07 Å². The summed E-state index contributed by atoms with van der Waals surface area (Å²) >= 11 is 0. The molecule has 1 heterocycles. The van der Waals surface area contributed by atoms with E-state index < -0.39 is 16.9 Å². The number of hydrogen-bond donors (Lipinski definition) is 2. The maximum Gasteiger partial charge on any atom is 0.270 e. The van der Waals surface area contributed by atoms with Crippen molar-refractivity contribution in [3.05, 3.63) is 39.9 Å². The van der Waals surface area contributed by atoms with E-state index in [0.29, 0.717) is 19.0 Å². The monoisotopic (exact) mass is 370 g/mol. The minimum Gasteiger partial charge on any atom is -0.341 e. The molecule has 1 aliphatic heterocycles. The Morgan fingerprint density at radius 1 is 1.44 bits per heavy atom. The van der Waals surface area contributed by atoms with E-state index in [1.54, 1.807) is 11.8 Å². The van der Waals surface area contributed by atoms with Gasteiger partial charge in [0.1, 0.15) is 6.04 Å². The molecular formula is C16H23ClN4O4. The Bertz CT molecular complexity index is 640. The quantitative estimate of drug-likeness (QED) is 0.578. The molecule has 0 aromatic heterocycles. The number of nitro benzene ring substituents is 1. The second-order valence-corrected chi connectivity index (χ2v) is 6.00. The summed E-state index contributed by atoms with van der Waals surface area (Å²) in [6, 6.07) is 4.77. The summed E-state index contributed by atoms with van der Waals surface area (Å²) < 4.78 is 0. The topological polar surface area (TPSA) is 105 Å². The lowest BCUT2D eigenvalue weighted by molar-refractivity contribution is -0.384. The van der Waals surface area contributed by atoms with E-state index in [1.165, 1.54) is 24.3 Å². The van der Waals surface area contributed by atoms with Crippen LogP contribution in [-0.2, 0) is 4.79 Å². The molecule has 1 aromatic rings. The van der Waals surface area contributed by atoms with Crippen LogP contribution in [0.5, 0.6) is 0 Å². The smallest absolute Gasteiger partial charge is 0.270 e. The molecule has 1 aliphatic rings. The van der Waals surface area contributed by atoms with Crippen LogP contribution in [0.15, 0.2) is 24.3 Å². The number of hydrogen-bond acceptors (Lipinski definition) is 5. The van der Waals surface area contributed by atoms with Gasteiger partial charge < -0.3 is 15.5 Å². The van der Waals surface area contributed by atoms with Crippen LogP contribution in [0.4, 0.5) is 5.69 Å². The van der Waals surface area contributed by atoms with Crippen molar-refractivity contribution in [2.75, 3.05) is 26.7 Å². The Hall–Kier alpha value is -2.19. The fourth-order valence-corrected chi connectivity index (χ4v) is 2.86. The highest BCUT2D eigenvalue weighted by Gasteiger charge is 2.29. The molecule has 1 aromatic carbocycles. The van der Waals surface area contributed by atoms with Gasteiger partial charge in [0.25, 0.3) is 11.6 Å². The summed E-state index contributed by atoms with van der Waals surface area (Å²) in [6.45, 7) is 3.85. The third kappa shape index (κ3) is 5.40. The molecule has 9 heteroatoms. The fraction of sp³-hybridized carbons (Fsp3) is 0.500. The van der Waals surface area contributed by atoms with Gasteiger partial charge in [0.05, 0.1) is 4.92 Å². The summed E-state index contributed by atoms with van der Waals surface area (Å²) in [7, 11) is 1.88. The lowest BCUT2D eigenvalue weighted by Crippen LogP contribution is -2.46. The molecule has 25 heavy (non-hydrogen) atoms. The summed E-state index contributed by atoms with van der Waals surface area (Å²) in [5.74, 6) is -0.198. The van der Waals surface area contributed by atoms with Crippen molar-refractivity contribution in [3.8, 4) is 0 Å². The van der Waals surface area contributed by atoms with E-state index in [0.717, 1.165) is 13.0 Å². The highest BCUT2D eigenvalue weighted by atomic mass is 35.5. The first-order valence-electron chi connectivity index (χ1n) is 7.91. The number of rotatable bonds is 6. The van der Waals surface area contributed by atoms with Gasteiger partial charge in [-0.3, -0.25) is 19.7 Å². The van der Waals surface area contributed by atoms with Crippen molar-refractivity contribution in [1.82, 2.24) is 15.5 Å². The third-order valence-corrected chi connectivity index (χ3v) is 4.13. The predicted octanol–water partition coefficient (Wildman–Crippen LogP) is 1.20. The molecule has 0 spiro atoms. The second-order valence-electron chi connectivity index (χ2n) is 6.00. The molecule has 1 fully saturated rings. The van der Waals surface area contributed by atoms with Crippen LogP contribution in [0.1, 0.15) is 23.7 Å². The molecule has 0 saturated carbocycles. The Morgan fingerprint density at radius 2 is 2.16 bits per heavy atom. The maximum absolute atomic E-state index is 12.4. The average molecular weight is 371 g/mol. The van der Waals surface area contributed by atoms with Crippen molar-refractivity contribution in [3.63, 3.8) is 0 Å². The number of nitro groups is 1. The molecule has 2 amide bonds. The largest absolute Gasteiger partial charge is 0.341 e. The van der Waals surface area contributed by atoms with Crippen molar-refractivity contribution in [2.45, 2.75) is 19.4 Å². The summed E-state index contributed by atoms with van der Waals surface area (Å²) in [4.78, 5) is 36.6. The SMILES string of the molecule is CNCC1CCN(C(=O)C(C)NC(=O)c2cccc([N+](=O)[O-])c2)C1.Cl. The Kier molecular flexibility index (Phi) is 7.79. The molecule has 8 nitrogen and oxygen atoms in total. The maximum atomic E-state index is 12.4. The molecule has 2 unspecified atom stereocenters. The lowest BCUT2D eigenvalue weighted by Gasteiger charge is -2.22. The first kappa shape index (κ1) is 20.9. The number of nitrogens with zero attached hydrogens (tertiary/aromatic N) is 2. The van der Waals surface area contributed by atoms with Gasteiger partial charge in [0.15, 0.2) is 0 Å². The summed E-state index contributed by atoms with van der Waals surface area (Å²) in [5, 5.41) is 16.5. The number of halogens is 1. The van der Waals surface area contributed by atoms with E-state index in [2.05, 4.69) is 10.6 Å². The molecule has 0 aliphatic carbocycles. The van der Waals surface area contributed by atoms with Gasteiger partial charge in [-0.25, -0.2) is 0 Å². The van der Waals surface area contributed by atoms with E-state index >= 15 is 0 Å². The Labute approximate surface area is 152 Å². The normalized spacial score (nSPS) is 17.5. The zero-order valence-electron chi connectivity index (χ0n) is 14.2. The standard InChI is InChI=1S/C16H22N4O4.ClH/c1-11(16(22)19-7-6-12(10-19)9-17-2)18-15(21)13-4-3-5-14(8-13)20(23)24;/h3-5,8,11-12,17H,6-7,9-10H2,1-2H3,(H,18,21);1H. The van der Waals surface area contributed by atoms with Gasteiger partial charge >= 0.3 is 0 Å². The minimum atomic E-state index is -0.676. The van der Waals surface area contributed by atoms with Crippen LogP contribution >= 0.6 is 12.4 Å².